The maximum Gasteiger partial charge on any atom is 0.224 e. The van der Waals surface area contributed by atoms with Crippen molar-refractivity contribution in [2.75, 3.05) is 5.32 Å². The van der Waals surface area contributed by atoms with Crippen molar-refractivity contribution in [1.82, 2.24) is 4.98 Å². The molecule has 0 bridgehead atoms. The minimum Gasteiger partial charge on any atom is -0.326 e. The lowest BCUT2D eigenvalue weighted by Gasteiger charge is -2.04. The molecule has 1 aromatic heterocycles. The minimum atomic E-state index is 0.101. The first-order chi connectivity index (χ1) is 8.69. The van der Waals surface area contributed by atoms with E-state index in [-0.39, 0.29) is 5.91 Å². The topological polar surface area (TPSA) is 42.0 Å². The van der Waals surface area contributed by atoms with E-state index in [4.69, 9.17) is 0 Å². The molecular weight excluding hydrogens is 244 g/mol. The van der Waals surface area contributed by atoms with E-state index >= 15 is 0 Å². The van der Waals surface area contributed by atoms with Crippen LogP contribution in [0.4, 0.5) is 5.69 Å². The van der Waals surface area contributed by atoms with Gasteiger partial charge in [-0.2, -0.15) is 0 Å². The Balaban J connectivity index is 2.00. The zero-order chi connectivity index (χ0) is 13.0. The Kier molecular flexibility index (Phi) is 4.31. The Labute approximate surface area is 111 Å². The molecule has 96 valence electrons. The van der Waals surface area contributed by atoms with Crippen molar-refractivity contribution in [3.8, 4) is 0 Å². The highest BCUT2D eigenvalue weighted by atomic mass is 32.1. The summed E-state index contributed by atoms with van der Waals surface area (Å²) in [5.41, 5.74) is 1.87. The predicted molar refractivity (Wildman–Crippen MR) is 77.1 cm³/mol. The van der Waals surface area contributed by atoms with Gasteiger partial charge in [-0.05, 0) is 31.5 Å². The van der Waals surface area contributed by atoms with Crippen molar-refractivity contribution in [2.24, 2.45) is 0 Å². The molecule has 4 heteroatoms. The molecule has 0 aliphatic rings. The van der Waals surface area contributed by atoms with Crippen LogP contribution in [0.2, 0.25) is 0 Å². The fourth-order valence-electron chi connectivity index (χ4n) is 1.88. The number of benzene rings is 1. The Morgan fingerprint density at radius 2 is 2.22 bits per heavy atom. The van der Waals surface area contributed by atoms with Gasteiger partial charge >= 0.3 is 0 Å². The van der Waals surface area contributed by atoms with E-state index < -0.39 is 0 Å². The van der Waals surface area contributed by atoms with Crippen molar-refractivity contribution in [1.29, 1.82) is 0 Å². The SMILES string of the molecule is CCCCCC(=O)Nc1ccc2nc(C)sc2c1. The number of nitrogens with zero attached hydrogens (tertiary/aromatic N) is 1. The van der Waals surface area contributed by atoms with Gasteiger partial charge in [0, 0.05) is 12.1 Å². The summed E-state index contributed by atoms with van der Waals surface area (Å²) in [4.78, 5) is 16.1. The Morgan fingerprint density at radius 3 is 3.00 bits per heavy atom. The van der Waals surface area contributed by atoms with Gasteiger partial charge in [-0.25, -0.2) is 4.98 Å². The number of aromatic nitrogens is 1. The van der Waals surface area contributed by atoms with Crippen LogP contribution in [0, 0.1) is 6.92 Å². The van der Waals surface area contributed by atoms with Gasteiger partial charge in [0.1, 0.15) is 0 Å². The normalized spacial score (nSPS) is 10.8. The second-order valence-electron chi connectivity index (χ2n) is 4.42. The molecule has 0 aliphatic carbocycles. The molecule has 1 amide bonds. The number of nitrogens with one attached hydrogen (secondary N) is 1. The van der Waals surface area contributed by atoms with Crippen LogP contribution in [0.1, 0.15) is 37.6 Å². The third-order valence-corrected chi connectivity index (χ3v) is 3.72. The van der Waals surface area contributed by atoms with Crippen LogP contribution in [0.5, 0.6) is 0 Å². The van der Waals surface area contributed by atoms with Crippen LogP contribution >= 0.6 is 11.3 Å². The molecule has 2 aromatic rings. The summed E-state index contributed by atoms with van der Waals surface area (Å²) in [6, 6.07) is 5.87. The number of hydrogen-bond acceptors (Lipinski definition) is 3. The van der Waals surface area contributed by atoms with E-state index in [0.29, 0.717) is 6.42 Å². The van der Waals surface area contributed by atoms with Crippen molar-refractivity contribution < 1.29 is 4.79 Å². The van der Waals surface area contributed by atoms with Crippen molar-refractivity contribution in [3.63, 3.8) is 0 Å². The quantitative estimate of drug-likeness (QED) is 0.823. The molecule has 0 aliphatic heterocycles. The van der Waals surface area contributed by atoms with Crippen LogP contribution in [0.25, 0.3) is 10.2 Å². The zero-order valence-corrected chi connectivity index (χ0v) is 11.6. The third-order valence-electron chi connectivity index (χ3n) is 2.79. The molecule has 0 atom stereocenters. The highest BCUT2D eigenvalue weighted by Crippen LogP contribution is 2.24. The van der Waals surface area contributed by atoms with Crippen molar-refractivity contribution in [3.05, 3.63) is 23.2 Å². The Hall–Kier alpha value is -1.42. The number of fused-ring (bicyclic) bond motifs is 1. The molecule has 1 heterocycles. The summed E-state index contributed by atoms with van der Waals surface area (Å²) in [6.07, 6.45) is 3.82. The fraction of sp³-hybridized carbons (Fsp3) is 0.429. The van der Waals surface area contributed by atoms with Crippen LogP contribution in [0.15, 0.2) is 18.2 Å². The number of hydrogen-bond donors (Lipinski definition) is 1. The average molecular weight is 262 g/mol. The lowest BCUT2D eigenvalue weighted by Crippen LogP contribution is -2.10. The number of rotatable bonds is 5. The molecule has 1 aromatic carbocycles. The maximum atomic E-state index is 11.7. The Morgan fingerprint density at radius 1 is 1.39 bits per heavy atom. The molecule has 2 rings (SSSR count). The minimum absolute atomic E-state index is 0.101. The molecule has 0 spiro atoms. The number of anilines is 1. The van der Waals surface area contributed by atoms with Crippen LogP contribution < -0.4 is 5.32 Å². The predicted octanol–water partition coefficient (Wildman–Crippen LogP) is 4.12. The molecule has 1 N–H and O–H groups in total. The molecule has 0 fully saturated rings. The van der Waals surface area contributed by atoms with E-state index in [1.54, 1.807) is 11.3 Å². The van der Waals surface area contributed by atoms with Gasteiger partial charge in [-0.15, -0.1) is 11.3 Å². The summed E-state index contributed by atoms with van der Waals surface area (Å²) in [5, 5.41) is 3.99. The fourth-order valence-corrected chi connectivity index (χ4v) is 2.74. The highest BCUT2D eigenvalue weighted by molar-refractivity contribution is 7.18. The number of thiazole rings is 1. The van der Waals surface area contributed by atoms with E-state index in [2.05, 4.69) is 17.2 Å². The Bertz CT molecular complexity index is 548. The molecule has 0 saturated heterocycles. The number of carbonyl (C=O) groups excluding carboxylic acids is 1. The van der Waals surface area contributed by atoms with Crippen molar-refractivity contribution >= 4 is 33.1 Å². The number of aryl methyl sites for hydroxylation is 1. The van der Waals surface area contributed by atoms with Crippen LogP contribution in [-0.2, 0) is 4.79 Å². The monoisotopic (exact) mass is 262 g/mol. The summed E-state index contributed by atoms with van der Waals surface area (Å²) >= 11 is 1.65. The molecule has 0 radical (unpaired) electrons. The second-order valence-corrected chi connectivity index (χ2v) is 5.66. The summed E-state index contributed by atoms with van der Waals surface area (Å²) in [5.74, 6) is 0.101. The average Bonchev–Trinajstić information content (AvgIpc) is 2.69. The van der Waals surface area contributed by atoms with E-state index in [1.807, 2.05) is 25.1 Å². The first kappa shape index (κ1) is 13.0. The molecule has 18 heavy (non-hydrogen) atoms. The lowest BCUT2D eigenvalue weighted by molar-refractivity contribution is -0.116. The van der Waals surface area contributed by atoms with Gasteiger partial charge in [0.05, 0.1) is 15.2 Å². The lowest BCUT2D eigenvalue weighted by atomic mass is 10.2. The molecule has 0 unspecified atom stereocenters. The maximum absolute atomic E-state index is 11.7. The molecule has 0 saturated carbocycles. The largest absolute Gasteiger partial charge is 0.326 e. The van der Waals surface area contributed by atoms with Crippen molar-refractivity contribution in [2.45, 2.75) is 39.5 Å². The van der Waals surface area contributed by atoms with Gasteiger partial charge in [0.2, 0.25) is 5.91 Å². The van der Waals surface area contributed by atoms with E-state index in [1.165, 1.54) is 0 Å². The number of carbonyl (C=O) groups is 1. The zero-order valence-electron chi connectivity index (χ0n) is 10.8. The number of unbranched alkanes of at least 4 members (excludes halogenated alkanes) is 2. The standard InChI is InChI=1S/C14H18N2OS/c1-3-4-5-6-14(17)16-11-7-8-12-13(9-11)18-10(2)15-12/h7-9H,3-6H2,1-2H3,(H,16,17). The third kappa shape index (κ3) is 3.29. The summed E-state index contributed by atoms with van der Waals surface area (Å²) in [6.45, 7) is 4.13. The first-order valence-corrected chi connectivity index (χ1v) is 7.17. The molecule has 3 nitrogen and oxygen atoms in total. The van der Waals surface area contributed by atoms with Gasteiger partial charge in [0.15, 0.2) is 0 Å². The van der Waals surface area contributed by atoms with Gasteiger partial charge in [-0.1, -0.05) is 19.8 Å². The van der Waals surface area contributed by atoms with Gasteiger partial charge in [0.25, 0.3) is 0 Å². The number of amides is 1. The van der Waals surface area contributed by atoms with E-state index in [9.17, 15) is 4.79 Å². The van der Waals surface area contributed by atoms with Gasteiger partial charge in [-0.3, -0.25) is 4.79 Å². The van der Waals surface area contributed by atoms with Crippen LogP contribution in [-0.4, -0.2) is 10.9 Å². The molecular formula is C14H18N2OS. The first-order valence-electron chi connectivity index (χ1n) is 6.36. The summed E-state index contributed by atoms with van der Waals surface area (Å²) < 4.78 is 1.12. The van der Waals surface area contributed by atoms with E-state index in [0.717, 1.165) is 40.2 Å². The smallest absolute Gasteiger partial charge is 0.224 e. The van der Waals surface area contributed by atoms with Gasteiger partial charge < -0.3 is 5.32 Å². The summed E-state index contributed by atoms with van der Waals surface area (Å²) in [7, 11) is 0. The second kappa shape index (κ2) is 5.96. The van der Waals surface area contributed by atoms with Crippen LogP contribution in [0.3, 0.4) is 0 Å². The highest BCUT2D eigenvalue weighted by Gasteiger charge is 2.05.